The highest BCUT2D eigenvalue weighted by molar-refractivity contribution is 5.90. The van der Waals surface area contributed by atoms with E-state index in [1.165, 1.54) is 12.8 Å². The zero-order valence-corrected chi connectivity index (χ0v) is 10.8. The van der Waals surface area contributed by atoms with Crippen LogP contribution in [0.2, 0.25) is 0 Å². The lowest BCUT2D eigenvalue weighted by Crippen LogP contribution is -2.29. The van der Waals surface area contributed by atoms with Crippen LogP contribution in [0, 0.1) is 0 Å². The predicted molar refractivity (Wildman–Crippen MR) is 74.9 cm³/mol. The van der Waals surface area contributed by atoms with Crippen molar-refractivity contribution in [1.82, 2.24) is 5.32 Å². The fourth-order valence-corrected chi connectivity index (χ4v) is 2.13. The van der Waals surface area contributed by atoms with Crippen molar-refractivity contribution in [2.45, 2.75) is 32.2 Å². The zero-order chi connectivity index (χ0) is 12.8. The minimum atomic E-state index is 0.0459. The van der Waals surface area contributed by atoms with Crippen molar-refractivity contribution in [3.05, 3.63) is 24.3 Å². The van der Waals surface area contributed by atoms with E-state index in [0.717, 1.165) is 24.5 Å². The number of anilines is 2. The van der Waals surface area contributed by atoms with E-state index in [-0.39, 0.29) is 5.91 Å². The standard InChI is InChI=1S/C14H21N3O/c1-2-14(18)17-12-6-3-5-11(9-12)16-10-13-7-4-8-15-13/h3,5-6,9,13,15-16H,2,4,7-8,10H2,1H3,(H,17,18). The molecule has 1 atom stereocenters. The molecule has 2 rings (SSSR count). The normalized spacial score (nSPS) is 18.6. The molecule has 4 nitrogen and oxygen atoms in total. The molecule has 18 heavy (non-hydrogen) atoms. The number of amides is 1. The van der Waals surface area contributed by atoms with Crippen LogP contribution in [0.1, 0.15) is 26.2 Å². The fourth-order valence-electron chi connectivity index (χ4n) is 2.13. The average molecular weight is 247 g/mol. The predicted octanol–water partition coefficient (Wildman–Crippen LogP) is 2.20. The summed E-state index contributed by atoms with van der Waals surface area (Å²) in [5.74, 6) is 0.0459. The Hall–Kier alpha value is -1.55. The third-order valence-electron chi connectivity index (χ3n) is 3.18. The van der Waals surface area contributed by atoms with E-state index in [2.05, 4.69) is 16.0 Å². The minimum absolute atomic E-state index is 0.0459. The van der Waals surface area contributed by atoms with Gasteiger partial charge in [-0.3, -0.25) is 4.79 Å². The molecule has 1 fully saturated rings. The van der Waals surface area contributed by atoms with Crippen molar-refractivity contribution in [3.63, 3.8) is 0 Å². The van der Waals surface area contributed by atoms with E-state index in [0.29, 0.717) is 12.5 Å². The van der Waals surface area contributed by atoms with Gasteiger partial charge in [-0.25, -0.2) is 0 Å². The Kier molecular flexibility index (Phi) is 4.59. The van der Waals surface area contributed by atoms with Crippen LogP contribution in [0.15, 0.2) is 24.3 Å². The van der Waals surface area contributed by atoms with Gasteiger partial charge in [0.25, 0.3) is 0 Å². The second-order valence-corrected chi connectivity index (χ2v) is 4.66. The summed E-state index contributed by atoms with van der Waals surface area (Å²) < 4.78 is 0. The van der Waals surface area contributed by atoms with Gasteiger partial charge in [0.1, 0.15) is 0 Å². The molecule has 0 spiro atoms. The average Bonchev–Trinajstić information content (AvgIpc) is 2.90. The van der Waals surface area contributed by atoms with Gasteiger partial charge in [-0.1, -0.05) is 13.0 Å². The van der Waals surface area contributed by atoms with Crippen LogP contribution in [0.3, 0.4) is 0 Å². The molecule has 0 saturated carbocycles. The summed E-state index contributed by atoms with van der Waals surface area (Å²) in [6.45, 7) is 3.91. The van der Waals surface area contributed by atoms with E-state index in [4.69, 9.17) is 0 Å². The van der Waals surface area contributed by atoms with Crippen LogP contribution in [0.25, 0.3) is 0 Å². The van der Waals surface area contributed by atoms with Gasteiger partial charge in [0, 0.05) is 30.4 Å². The number of hydrogen-bond acceptors (Lipinski definition) is 3. The molecule has 1 amide bonds. The summed E-state index contributed by atoms with van der Waals surface area (Å²) in [5.41, 5.74) is 1.91. The second-order valence-electron chi connectivity index (χ2n) is 4.66. The lowest BCUT2D eigenvalue weighted by atomic mass is 10.2. The first kappa shape index (κ1) is 12.9. The van der Waals surface area contributed by atoms with Gasteiger partial charge >= 0.3 is 0 Å². The molecule has 1 saturated heterocycles. The van der Waals surface area contributed by atoms with E-state index >= 15 is 0 Å². The van der Waals surface area contributed by atoms with Gasteiger partial charge in [0.15, 0.2) is 0 Å². The molecule has 3 N–H and O–H groups in total. The minimum Gasteiger partial charge on any atom is -0.383 e. The summed E-state index contributed by atoms with van der Waals surface area (Å²) >= 11 is 0. The first-order valence-corrected chi connectivity index (χ1v) is 6.65. The smallest absolute Gasteiger partial charge is 0.224 e. The van der Waals surface area contributed by atoms with Crippen LogP contribution in [0.4, 0.5) is 11.4 Å². The van der Waals surface area contributed by atoms with Crippen molar-refractivity contribution in [1.29, 1.82) is 0 Å². The lowest BCUT2D eigenvalue weighted by molar-refractivity contribution is -0.115. The maximum atomic E-state index is 11.3. The van der Waals surface area contributed by atoms with Crippen LogP contribution in [0.5, 0.6) is 0 Å². The van der Waals surface area contributed by atoms with Crippen molar-refractivity contribution in [2.75, 3.05) is 23.7 Å². The summed E-state index contributed by atoms with van der Waals surface area (Å²) in [7, 11) is 0. The number of rotatable bonds is 5. The van der Waals surface area contributed by atoms with Gasteiger partial charge in [0.05, 0.1) is 0 Å². The highest BCUT2D eigenvalue weighted by Gasteiger charge is 2.13. The maximum absolute atomic E-state index is 11.3. The molecule has 0 aromatic heterocycles. The second kappa shape index (κ2) is 6.40. The molecule has 1 aliphatic heterocycles. The summed E-state index contributed by atoms with van der Waals surface area (Å²) in [6.07, 6.45) is 3.00. The first-order chi connectivity index (χ1) is 8.78. The molecular weight excluding hydrogens is 226 g/mol. The Bertz CT molecular complexity index is 400. The maximum Gasteiger partial charge on any atom is 0.224 e. The molecule has 98 valence electrons. The van der Waals surface area contributed by atoms with Crippen LogP contribution < -0.4 is 16.0 Å². The van der Waals surface area contributed by atoms with Crippen molar-refractivity contribution in [2.24, 2.45) is 0 Å². The SMILES string of the molecule is CCC(=O)Nc1cccc(NCC2CCCN2)c1. The Labute approximate surface area is 108 Å². The molecule has 0 bridgehead atoms. The van der Waals surface area contributed by atoms with Crippen molar-refractivity contribution >= 4 is 17.3 Å². The lowest BCUT2D eigenvalue weighted by Gasteiger charge is -2.13. The molecule has 1 aromatic carbocycles. The molecule has 1 aromatic rings. The van der Waals surface area contributed by atoms with Crippen LogP contribution >= 0.6 is 0 Å². The topological polar surface area (TPSA) is 53.2 Å². The molecular formula is C14H21N3O. The molecule has 0 aliphatic carbocycles. The Balaban J connectivity index is 1.87. The molecule has 1 unspecified atom stereocenters. The van der Waals surface area contributed by atoms with Gasteiger partial charge in [-0.2, -0.15) is 0 Å². The Morgan fingerprint density at radius 1 is 1.44 bits per heavy atom. The first-order valence-electron chi connectivity index (χ1n) is 6.65. The number of hydrogen-bond donors (Lipinski definition) is 3. The van der Waals surface area contributed by atoms with Crippen molar-refractivity contribution < 1.29 is 4.79 Å². The van der Waals surface area contributed by atoms with E-state index in [1.807, 2.05) is 31.2 Å². The van der Waals surface area contributed by atoms with Crippen molar-refractivity contribution in [3.8, 4) is 0 Å². The van der Waals surface area contributed by atoms with Gasteiger partial charge in [0.2, 0.25) is 5.91 Å². The number of benzene rings is 1. The Morgan fingerprint density at radius 3 is 3.00 bits per heavy atom. The largest absolute Gasteiger partial charge is 0.383 e. The molecule has 4 heteroatoms. The quantitative estimate of drug-likeness (QED) is 0.747. The molecule has 1 aliphatic rings. The summed E-state index contributed by atoms with van der Waals surface area (Å²) in [6, 6.07) is 8.43. The Morgan fingerprint density at radius 2 is 2.28 bits per heavy atom. The number of nitrogens with one attached hydrogen (secondary N) is 3. The molecule has 0 radical (unpaired) electrons. The highest BCUT2D eigenvalue weighted by atomic mass is 16.1. The van der Waals surface area contributed by atoms with Crippen LogP contribution in [-0.2, 0) is 4.79 Å². The molecule has 1 heterocycles. The van der Waals surface area contributed by atoms with E-state index in [9.17, 15) is 4.79 Å². The fraction of sp³-hybridized carbons (Fsp3) is 0.500. The van der Waals surface area contributed by atoms with Gasteiger partial charge < -0.3 is 16.0 Å². The zero-order valence-electron chi connectivity index (χ0n) is 10.8. The number of carbonyl (C=O) groups excluding carboxylic acids is 1. The van der Waals surface area contributed by atoms with E-state index in [1.54, 1.807) is 0 Å². The highest BCUT2D eigenvalue weighted by Crippen LogP contribution is 2.16. The van der Waals surface area contributed by atoms with Gasteiger partial charge in [-0.15, -0.1) is 0 Å². The number of carbonyl (C=O) groups is 1. The summed E-state index contributed by atoms with van der Waals surface area (Å²) in [5, 5.41) is 9.72. The monoisotopic (exact) mass is 247 g/mol. The van der Waals surface area contributed by atoms with E-state index < -0.39 is 0 Å². The van der Waals surface area contributed by atoms with Crippen LogP contribution in [-0.4, -0.2) is 25.0 Å². The third kappa shape index (κ3) is 3.74. The van der Waals surface area contributed by atoms with Gasteiger partial charge in [-0.05, 0) is 37.6 Å². The third-order valence-corrected chi connectivity index (χ3v) is 3.18. The summed E-state index contributed by atoms with van der Waals surface area (Å²) in [4.78, 5) is 11.3.